The zero-order valence-corrected chi connectivity index (χ0v) is 26.4. The largest absolute Gasteiger partial charge is 0.309 e. The van der Waals surface area contributed by atoms with Crippen LogP contribution in [0.1, 0.15) is 0 Å². The molecule has 47 heavy (non-hydrogen) atoms. The van der Waals surface area contributed by atoms with Crippen LogP contribution in [0.4, 0.5) is 0 Å². The molecule has 0 aliphatic heterocycles. The predicted molar refractivity (Wildman–Crippen MR) is 198 cm³/mol. The molecule has 9 aromatic rings. The van der Waals surface area contributed by atoms with Gasteiger partial charge >= 0.3 is 0 Å². The fourth-order valence-electron chi connectivity index (χ4n) is 7.06. The summed E-state index contributed by atoms with van der Waals surface area (Å²) in [6.07, 6.45) is 0. The van der Waals surface area contributed by atoms with Crippen molar-refractivity contribution in [1.82, 2.24) is 9.55 Å². The number of hydrogen-bond donors (Lipinski definition) is 0. The summed E-state index contributed by atoms with van der Waals surface area (Å²) in [7, 11) is -3.17. The van der Waals surface area contributed by atoms with Crippen molar-refractivity contribution in [2.45, 2.75) is 0 Å². The summed E-state index contributed by atoms with van der Waals surface area (Å²) in [6, 6.07) is 60.0. The van der Waals surface area contributed by atoms with Gasteiger partial charge in [-0.25, -0.2) is 4.98 Å². The number of nitrogens with zero attached hydrogens (tertiary/aromatic N) is 2. The van der Waals surface area contributed by atoms with Gasteiger partial charge in [0.15, 0.2) is 7.14 Å². The van der Waals surface area contributed by atoms with Gasteiger partial charge in [-0.15, -0.1) is 0 Å². The Morgan fingerprint density at radius 2 is 1.02 bits per heavy atom. The lowest BCUT2D eigenvalue weighted by Crippen LogP contribution is -2.25. The van der Waals surface area contributed by atoms with Crippen molar-refractivity contribution in [2.24, 2.45) is 0 Å². The summed E-state index contributed by atoms with van der Waals surface area (Å²) in [5.41, 5.74) is 6.14. The third-order valence-corrected chi connectivity index (χ3v) is 12.3. The quantitative estimate of drug-likeness (QED) is 0.142. The molecule has 2 heterocycles. The van der Waals surface area contributed by atoms with Crippen LogP contribution in [0.5, 0.6) is 0 Å². The zero-order valence-electron chi connectivity index (χ0n) is 25.5. The van der Waals surface area contributed by atoms with E-state index in [4.69, 9.17) is 4.98 Å². The molecule has 0 N–H and O–H groups in total. The molecule has 9 rings (SSSR count). The van der Waals surface area contributed by atoms with Crippen LogP contribution >= 0.6 is 7.14 Å². The normalized spacial score (nSPS) is 11.9. The van der Waals surface area contributed by atoms with E-state index in [0.29, 0.717) is 0 Å². The van der Waals surface area contributed by atoms with Crippen molar-refractivity contribution in [3.63, 3.8) is 0 Å². The van der Waals surface area contributed by atoms with Crippen LogP contribution < -0.4 is 15.9 Å². The highest BCUT2D eigenvalue weighted by molar-refractivity contribution is 7.85. The van der Waals surface area contributed by atoms with E-state index in [2.05, 4.69) is 102 Å². The van der Waals surface area contributed by atoms with E-state index in [1.165, 1.54) is 10.8 Å². The van der Waals surface area contributed by atoms with Gasteiger partial charge in [-0.2, -0.15) is 0 Å². The Morgan fingerprint density at radius 3 is 1.74 bits per heavy atom. The van der Waals surface area contributed by atoms with Crippen molar-refractivity contribution in [1.29, 1.82) is 0 Å². The average molecular weight is 621 g/mol. The molecule has 0 radical (unpaired) electrons. The van der Waals surface area contributed by atoms with Gasteiger partial charge in [0.25, 0.3) is 0 Å². The van der Waals surface area contributed by atoms with Crippen LogP contribution in [0.25, 0.3) is 60.4 Å². The fraction of sp³-hybridized carbons (Fsp3) is 0. The molecular formula is C43H29N2OP. The average Bonchev–Trinajstić information content (AvgIpc) is 3.48. The Balaban J connectivity index is 1.36. The standard InChI is InChI=1S/C43H29N2OP/c46-47(32-18-6-2-7-19-32,33-20-8-3-9-21-33)34-22-14-15-30(27-34)43-39-29-42-38(28-37(39)35-23-10-12-25-40(35)44-43)36-24-11-13-26-41(36)45(42)31-16-4-1-5-17-31/h1-29H. The van der Waals surface area contributed by atoms with E-state index < -0.39 is 7.14 Å². The third kappa shape index (κ3) is 4.35. The second-order valence-corrected chi connectivity index (χ2v) is 14.7. The monoisotopic (exact) mass is 620 g/mol. The molecule has 0 atom stereocenters. The molecule has 3 nitrogen and oxygen atoms in total. The molecular weight excluding hydrogens is 591 g/mol. The number of fused-ring (bicyclic) bond motifs is 6. The lowest BCUT2D eigenvalue weighted by atomic mass is 9.98. The van der Waals surface area contributed by atoms with Crippen LogP contribution in [-0.2, 0) is 4.57 Å². The molecule has 0 aliphatic carbocycles. The lowest BCUT2D eigenvalue weighted by Gasteiger charge is -2.21. The van der Waals surface area contributed by atoms with Gasteiger partial charge in [-0.05, 0) is 47.9 Å². The van der Waals surface area contributed by atoms with Gasteiger partial charge in [-0.1, -0.05) is 133 Å². The second kappa shape index (κ2) is 10.9. The fourth-order valence-corrected chi connectivity index (χ4v) is 9.76. The summed E-state index contributed by atoms with van der Waals surface area (Å²) >= 11 is 0. The number of benzene rings is 7. The maximum absolute atomic E-state index is 15.3. The first-order chi connectivity index (χ1) is 23.2. The van der Waals surface area contributed by atoms with Crippen LogP contribution in [0.3, 0.4) is 0 Å². The summed E-state index contributed by atoms with van der Waals surface area (Å²) in [6.45, 7) is 0. The summed E-state index contributed by atoms with van der Waals surface area (Å²) in [5.74, 6) is 0. The second-order valence-electron chi connectivity index (χ2n) is 11.9. The van der Waals surface area contributed by atoms with Crippen molar-refractivity contribution in [2.75, 3.05) is 0 Å². The van der Waals surface area contributed by atoms with Crippen LogP contribution in [0.2, 0.25) is 0 Å². The molecule has 4 heteroatoms. The highest BCUT2D eigenvalue weighted by Gasteiger charge is 2.30. The molecule has 0 bridgehead atoms. The lowest BCUT2D eigenvalue weighted by molar-refractivity contribution is 0.592. The molecule has 222 valence electrons. The highest BCUT2D eigenvalue weighted by atomic mass is 31.2. The van der Waals surface area contributed by atoms with E-state index in [1.807, 2.05) is 78.9 Å². The Hall–Kier alpha value is -5.76. The van der Waals surface area contributed by atoms with Crippen LogP contribution in [0, 0.1) is 0 Å². The summed E-state index contributed by atoms with van der Waals surface area (Å²) in [4.78, 5) is 5.31. The Kier molecular flexibility index (Phi) is 6.41. The smallest absolute Gasteiger partial charge is 0.171 e. The van der Waals surface area contributed by atoms with E-state index in [0.717, 1.165) is 65.6 Å². The number of rotatable bonds is 5. The Labute approximate surface area is 272 Å². The molecule has 0 fully saturated rings. The van der Waals surface area contributed by atoms with Gasteiger partial charge in [0.2, 0.25) is 0 Å². The number of pyridine rings is 1. The first kappa shape index (κ1) is 27.5. The molecule has 7 aromatic carbocycles. The zero-order chi connectivity index (χ0) is 31.4. The predicted octanol–water partition coefficient (Wildman–Crippen LogP) is 9.79. The molecule has 0 amide bonds. The molecule has 0 aliphatic rings. The maximum Gasteiger partial charge on any atom is 0.171 e. The van der Waals surface area contributed by atoms with Crippen molar-refractivity contribution >= 4 is 66.5 Å². The number of para-hydroxylation sites is 3. The van der Waals surface area contributed by atoms with E-state index in [-0.39, 0.29) is 0 Å². The van der Waals surface area contributed by atoms with Gasteiger partial charge < -0.3 is 9.13 Å². The van der Waals surface area contributed by atoms with Gasteiger partial charge in [0.1, 0.15) is 0 Å². The van der Waals surface area contributed by atoms with E-state index in [9.17, 15) is 0 Å². The summed E-state index contributed by atoms with van der Waals surface area (Å²) < 4.78 is 17.7. The van der Waals surface area contributed by atoms with Crippen molar-refractivity contribution in [3.8, 4) is 16.9 Å². The third-order valence-electron chi connectivity index (χ3n) is 9.23. The van der Waals surface area contributed by atoms with Gasteiger partial charge in [0.05, 0.1) is 22.2 Å². The first-order valence-electron chi connectivity index (χ1n) is 15.8. The van der Waals surface area contributed by atoms with Gasteiger partial charge in [0, 0.05) is 48.7 Å². The molecule has 0 saturated carbocycles. The summed E-state index contributed by atoms with van der Waals surface area (Å²) in [5, 5.41) is 8.14. The Morgan fingerprint density at radius 1 is 0.426 bits per heavy atom. The minimum Gasteiger partial charge on any atom is -0.309 e. The minimum atomic E-state index is -3.17. The minimum absolute atomic E-state index is 0.787. The van der Waals surface area contributed by atoms with E-state index in [1.54, 1.807) is 0 Å². The number of hydrogen-bond acceptors (Lipinski definition) is 2. The number of aromatic nitrogens is 2. The SMILES string of the molecule is O=P(c1ccccc1)(c1ccccc1)c1cccc(-c2nc3ccccc3c3cc4c5ccccc5n(-c5ccccc5)c4cc23)c1. The molecule has 0 saturated heterocycles. The molecule has 2 aromatic heterocycles. The molecule has 0 spiro atoms. The molecule has 0 unspecified atom stereocenters. The van der Waals surface area contributed by atoms with E-state index >= 15 is 4.57 Å². The topological polar surface area (TPSA) is 34.9 Å². The Bertz CT molecular complexity index is 2600. The van der Waals surface area contributed by atoms with Crippen molar-refractivity contribution in [3.05, 3.63) is 176 Å². The maximum atomic E-state index is 15.3. The van der Waals surface area contributed by atoms with Crippen LogP contribution in [-0.4, -0.2) is 9.55 Å². The first-order valence-corrected chi connectivity index (χ1v) is 17.5. The van der Waals surface area contributed by atoms with Crippen molar-refractivity contribution < 1.29 is 4.57 Å². The highest BCUT2D eigenvalue weighted by Crippen LogP contribution is 2.44. The van der Waals surface area contributed by atoms with Crippen LogP contribution in [0.15, 0.2) is 176 Å². The van der Waals surface area contributed by atoms with Gasteiger partial charge in [-0.3, -0.25) is 0 Å².